The summed E-state index contributed by atoms with van der Waals surface area (Å²) in [6.07, 6.45) is -6.08. The van der Waals surface area contributed by atoms with E-state index in [1.165, 1.54) is 12.3 Å². The Balaban J connectivity index is 2.86. The third-order valence-corrected chi connectivity index (χ3v) is 2.00. The van der Waals surface area contributed by atoms with E-state index in [0.29, 0.717) is 4.47 Å². The number of hydrogen-bond acceptors (Lipinski definition) is 2. The Kier molecular flexibility index (Phi) is 0.913. The van der Waals surface area contributed by atoms with Gasteiger partial charge in [-0.3, -0.25) is 0 Å². The number of piperidine rings is 1. The second-order valence-corrected chi connectivity index (χ2v) is 3.43. The van der Waals surface area contributed by atoms with Gasteiger partial charge < -0.3 is 4.90 Å². The van der Waals surface area contributed by atoms with Crippen LogP contribution in [0.2, 0.25) is 0 Å². The van der Waals surface area contributed by atoms with E-state index in [4.69, 9.17) is 16.4 Å². The molecule has 0 N–H and O–H groups in total. The zero-order chi connectivity index (χ0) is 20.6. The number of aromatic nitrogens is 1. The second-order valence-electron chi connectivity index (χ2n) is 2.52. The highest BCUT2D eigenvalue weighted by molar-refractivity contribution is 9.10. The van der Waals surface area contributed by atoms with Crippen molar-refractivity contribution in [3.63, 3.8) is 0 Å². The fraction of sp³-hybridized carbons (Fsp3) is 0.545. The Morgan fingerprint density at radius 2 is 2.43 bits per heavy atom. The lowest BCUT2D eigenvalue weighted by atomic mass is 9.99. The van der Waals surface area contributed by atoms with Crippen LogP contribution in [0.25, 0.3) is 0 Å². The monoisotopic (exact) mass is 266 g/mol. The Hall–Kier alpha value is -0.570. The summed E-state index contributed by atoms with van der Waals surface area (Å²) >= 11 is 3.09. The Morgan fingerprint density at radius 3 is 3.00 bits per heavy atom. The van der Waals surface area contributed by atoms with E-state index in [1.54, 1.807) is 0 Å². The van der Waals surface area contributed by atoms with Crippen molar-refractivity contribution >= 4 is 21.7 Å². The van der Waals surface area contributed by atoms with Crippen LogP contribution in [0.4, 0.5) is 5.82 Å². The molecule has 0 aromatic carbocycles. The van der Waals surface area contributed by atoms with E-state index in [2.05, 4.69) is 20.9 Å². The van der Waals surface area contributed by atoms with Crippen LogP contribution in [0.3, 0.4) is 0 Å². The van der Waals surface area contributed by atoms with Crippen LogP contribution in [0.1, 0.15) is 36.0 Å². The van der Waals surface area contributed by atoms with Crippen molar-refractivity contribution < 1.29 is 16.4 Å². The summed E-state index contributed by atoms with van der Waals surface area (Å²) < 4.78 is 95.8. The minimum Gasteiger partial charge on any atom is -0.357 e. The molecule has 0 bridgehead atoms. The summed E-state index contributed by atoms with van der Waals surface area (Å²) in [6.45, 7) is -10.5. The lowest BCUT2D eigenvalue weighted by molar-refractivity contribution is 0.436. The van der Waals surface area contributed by atoms with Crippen LogP contribution >= 0.6 is 15.9 Å². The number of anilines is 1. The first-order chi connectivity index (χ1) is 11.4. The molecule has 0 spiro atoms. The maximum absolute atomic E-state index is 8.13. The SMILES string of the molecule is [2H]C([2H])([2H])C1([2H])C([2H])([2H])C([2H])([2H])N(c2ccc(Br)cn2)C([2H])([2H])C1([2H])[2H]. The van der Waals surface area contributed by atoms with E-state index in [-0.39, 0.29) is 4.90 Å². The van der Waals surface area contributed by atoms with Gasteiger partial charge in [0.15, 0.2) is 0 Å². The second kappa shape index (κ2) is 4.30. The highest BCUT2D eigenvalue weighted by Gasteiger charge is 2.16. The summed E-state index contributed by atoms with van der Waals surface area (Å²) in [4.78, 5) is 3.93. The molecule has 1 aliphatic heterocycles. The van der Waals surface area contributed by atoms with Gasteiger partial charge in [-0.15, -0.1) is 0 Å². The standard InChI is InChI=1S/C11H15BrN2/c1-9-4-6-14(7-5-9)11-3-2-10(12)8-13-11/h2-3,8-9H,4-7H2,1H3/i1D3,4D2,5D2,6D2,7D2,9D. The van der Waals surface area contributed by atoms with Crippen molar-refractivity contribution in [1.29, 1.82) is 0 Å². The molecule has 0 amide bonds. The molecule has 1 aliphatic rings. The fourth-order valence-corrected chi connectivity index (χ4v) is 1.13. The summed E-state index contributed by atoms with van der Waals surface area (Å²) in [5.41, 5.74) is 0. The number of pyridine rings is 1. The molecule has 2 heterocycles. The average molecular weight is 267 g/mol. The molecule has 1 fully saturated rings. The number of hydrogen-bond donors (Lipinski definition) is 0. The molecule has 2 rings (SSSR count). The van der Waals surface area contributed by atoms with E-state index in [1.807, 2.05) is 0 Å². The summed E-state index contributed by atoms with van der Waals surface area (Å²) in [6, 6.07) is 2.50. The first kappa shape index (κ1) is 2.97. The molecule has 76 valence electrons. The quantitative estimate of drug-likeness (QED) is 0.777. The minimum absolute atomic E-state index is 0.130. The van der Waals surface area contributed by atoms with Gasteiger partial charge in [-0.25, -0.2) is 4.98 Å². The van der Waals surface area contributed by atoms with Crippen molar-refractivity contribution in [2.45, 2.75) is 19.6 Å². The van der Waals surface area contributed by atoms with Crippen LogP contribution in [-0.2, 0) is 0 Å². The predicted molar refractivity (Wildman–Crippen MR) is 62.5 cm³/mol. The summed E-state index contributed by atoms with van der Waals surface area (Å²) in [5, 5.41) is 0. The Bertz CT molecular complexity index is 670. The van der Waals surface area contributed by atoms with Gasteiger partial charge in [-0.1, -0.05) is 6.85 Å². The predicted octanol–water partition coefficient (Wildman–Crippen LogP) is 3.08. The molecule has 1 aromatic rings. The van der Waals surface area contributed by atoms with Gasteiger partial charge >= 0.3 is 0 Å². The van der Waals surface area contributed by atoms with Gasteiger partial charge in [0.25, 0.3) is 0 Å². The number of halogens is 1. The van der Waals surface area contributed by atoms with Crippen LogP contribution < -0.4 is 4.90 Å². The molecule has 1 saturated heterocycles. The largest absolute Gasteiger partial charge is 0.357 e. The van der Waals surface area contributed by atoms with Gasteiger partial charge in [-0.2, -0.15) is 0 Å². The topological polar surface area (TPSA) is 16.1 Å². The van der Waals surface area contributed by atoms with Crippen molar-refractivity contribution in [1.82, 2.24) is 4.98 Å². The maximum Gasteiger partial charge on any atom is 0.128 e. The van der Waals surface area contributed by atoms with E-state index in [0.717, 1.165) is 6.07 Å². The maximum atomic E-state index is 8.13. The van der Waals surface area contributed by atoms with Gasteiger partial charge in [0.05, 0.1) is 0 Å². The Labute approximate surface area is 110 Å². The van der Waals surface area contributed by atoms with Crippen molar-refractivity contribution in [2.24, 2.45) is 5.89 Å². The summed E-state index contributed by atoms with van der Waals surface area (Å²) in [5.74, 6) is -4.17. The average Bonchev–Trinajstić information content (AvgIpc) is 2.45. The Morgan fingerprint density at radius 1 is 1.64 bits per heavy atom. The first-order valence-corrected chi connectivity index (χ1v) is 4.58. The third kappa shape index (κ3) is 2.27. The number of rotatable bonds is 1. The normalized spacial score (nSPS) is 48.8. The van der Waals surface area contributed by atoms with Crippen molar-refractivity contribution in [3.05, 3.63) is 22.8 Å². The molecular weight excluding hydrogens is 240 g/mol. The zero-order valence-electron chi connectivity index (χ0n) is 19.0. The molecule has 0 atom stereocenters. The molecular formula is C11H15BrN2. The van der Waals surface area contributed by atoms with Crippen LogP contribution in [0.15, 0.2) is 22.8 Å². The lowest BCUT2D eigenvalue weighted by Gasteiger charge is -2.31. The van der Waals surface area contributed by atoms with E-state index < -0.39 is 44.3 Å². The van der Waals surface area contributed by atoms with Crippen LogP contribution in [0, 0.1) is 5.89 Å². The highest BCUT2D eigenvalue weighted by atomic mass is 79.9. The van der Waals surface area contributed by atoms with E-state index >= 15 is 0 Å². The molecule has 0 aliphatic carbocycles. The summed E-state index contributed by atoms with van der Waals surface area (Å²) in [7, 11) is 0. The van der Waals surface area contributed by atoms with E-state index in [9.17, 15) is 0 Å². The zero-order valence-corrected chi connectivity index (χ0v) is 8.59. The van der Waals surface area contributed by atoms with Crippen LogP contribution in [-0.4, -0.2) is 18.0 Å². The lowest BCUT2D eigenvalue weighted by Crippen LogP contribution is -2.33. The van der Waals surface area contributed by atoms with Crippen LogP contribution in [0.5, 0.6) is 0 Å². The molecule has 14 heavy (non-hydrogen) atoms. The molecule has 0 saturated carbocycles. The van der Waals surface area contributed by atoms with Gasteiger partial charge in [0, 0.05) is 40.1 Å². The molecule has 0 unspecified atom stereocenters. The molecule has 2 nitrogen and oxygen atoms in total. The molecule has 3 heteroatoms. The van der Waals surface area contributed by atoms with Gasteiger partial charge in [0.2, 0.25) is 0 Å². The van der Waals surface area contributed by atoms with Gasteiger partial charge in [-0.05, 0) is 46.7 Å². The third-order valence-electron chi connectivity index (χ3n) is 1.53. The number of nitrogens with zero attached hydrogens (tertiary/aromatic N) is 2. The highest BCUT2D eigenvalue weighted by Crippen LogP contribution is 2.21. The molecule has 1 aromatic heterocycles. The minimum atomic E-state index is -3.73. The fourth-order valence-electron chi connectivity index (χ4n) is 0.898. The first-order valence-electron chi connectivity index (χ1n) is 9.79. The van der Waals surface area contributed by atoms with Gasteiger partial charge in [0.1, 0.15) is 5.82 Å². The van der Waals surface area contributed by atoms with Crippen molar-refractivity contribution in [2.75, 3.05) is 17.9 Å². The molecule has 0 radical (unpaired) electrons. The smallest absolute Gasteiger partial charge is 0.128 e. The van der Waals surface area contributed by atoms with Crippen molar-refractivity contribution in [3.8, 4) is 0 Å².